The molecule has 1 atom stereocenters. The summed E-state index contributed by atoms with van der Waals surface area (Å²) in [6, 6.07) is 5.14. The van der Waals surface area contributed by atoms with Gasteiger partial charge in [0, 0.05) is 30.8 Å². The molecule has 2 amide bonds. The average molecular weight is 532 g/mol. The normalized spacial score (nSPS) is 24.7. The Morgan fingerprint density at radius 2 is 1.79 bits per heavy atom. The van der Waals surface area contributed by atoms with E-state index in [1.807, 2.05) is 32.1 Å². The van der Waals surface area contributed by atoms with Crippen LogP contribution in [0.5, 0.6) is 0 Å². The van der Waals surface area contributed by atoms with Crippen LogP contribution < -0.4 is 5.73 Å². The number of ether oxygens (including phenoxy) is 1. The minimum absolute atomic E-state index is 0.0482. The number of primary amides is 1. The molecule has 1 aromatic heterocycles. The smallest absolute Gasteiger partial charge is 0.405 e. The lowest BCUT2D eigenvalue weighted by atomic mass is 9.88. The fourth-order valence-electron chi connectivity index (χ4n) is 4.69. The van der Waals surface area contributed by atoms with Gasteiger partial charge in [0.2, 0.25) is 5.78 Å². The highest BCUT2D eigenvalue weighted by Crippen LogP contribution is 2.31. The zero-order valence-electron chi connectivity index (χ0n) is 23.2. The van der Waals surface area contributed by atoms with Gasteiger partial charge >= 0.3 is 6.09 Å². The number of nitrogens with zero attached hydrogens (tertiary/aromatic N) is 2. The van der Waals surface area contributed by atoms with E-state index in [0.717, 1.165) is 43.3 Å². The summed E-state index contributed by atoms with van der Waals surface area (Å²) >= 11 is 0. The maximum Gasteiger partial charge on any atom is 0.405 e. The van der Waals surface area contributed by atoms with Gasteiger partial charge in [-0.15, -0.1) is 0 Å². The Hall–Kier alpha value is -4.07. The summed E-state index contributed by atoms with van der Waals surface area (Å²) in [6.45, 7) is 5.38. The zero-order valence-corrected chi connectivity index (χ0v) is 23.2. The highest BCUT2D eigenvalue weighted by Gasteiger charge is 2.34. The first-order chi connectivity index (χ1) is 18.6. The Morgan fingerprint density at radius 3 is 2.49 bits per heavy atom. The van der Waals surface area contributed by atoms with Gasteiger partial charge in [-0.3, -0.25) is 19.4 Å². The number of hydrogen-bond donors (Lipinski definition) is 1. The van der Waals surface area contributed by atoms with E-state index in [-0.39, 0.29) is 22.8 Å². The third-order valence-corrected chi connectivity index (χ3v) is 7.17. The molecule has 8 nitrogen and oxygen atoms in total. The fourth-order valence-corrected chi connectivity index (χ4v) is 4.69. The molecule has 206 valence electrons. The second kappa shape index (κ2) is 13.6. The zero-order chi connectivity index (χ0) is 28.5. The van der Waals surface area contributed by atoms with E-state index in [0.29, 0.717) is 29.7 Å². The van der Waals surface area contributed by atoms with Crippen LogP contribution in [-0.4, -0.2) is 46.6 Å². The van der Waals surface area contributed by atoms with Gasteiger partial charge in [-0.05, 0) is 76.3 Å². The second-order valence-corrected chi connectivity index (χ2v) is 9.89. The third kappa shape index (κ3) is 7.50. The minimum Gasteiger partial charge on any atom is -0.442 e. The van der Waals surface area contributed by atoms with Crippen molar-refractivity contribution in [2.75, 3.05) is 7.05 Å². The molecule has 1 aromatic rings. The molecule has 1 aliphatic carbocycles. The molecule has 0 saturated carbocycles. The van der Waals surface area contributed by atoms with Gasteiger partial charge in [-0.1, -0.05) is 36.6 Å². The van der Waals surface area contributed by atoms with Crippen molar-refractivity contribution < 1.29 is 23.9 Å². The lowest BCUT2D eigenvalue weighted by Crippen LogP contribution is -2.35. The van der Waals surface area contributed by atoms with E-state index >= 15 is 0 Å². The van der Waals surface area contributed by atoms with Crippen molar-refractivity contribution in [3.63, 3.8) is 0 Å². The summed E-state index contributed by atoms with van der Waals surface area (Å²) < 4.78 is 5.25. The Bertz CT molecular complexity index is 1280. The summed E-state index contributed by atoms with van der Waals surface area (Å²) in [5.74, 6) is -1.05. The molecule has 1 unspecified atom stereocenters. The number of hydrogen-bond acceptors (Lipinski definition) is 6. The summed E-state index contributed by atoms with van der Waals surface area (Å²) in [5, 5.41) is 0. The fraction of sp³-hybridized carbons (Fsp3) is 0.387. The molecule has 0 radical (unpaired) electrons. The van der Waals surface area contributed by atoms with Crippen LogP contribution in [0.25, 0.3) is 5.57 Å². The van der Waals surface area contributed by atoms with Gasteiger partial charge in [-0.2, -0.15) is 0 Å². The van der Waals surface area contributed by atoms with E-state index < -0.39 is 18.1 Å². The van der Waals surface area contributed by atoms with Crippen LogP contribution in [0, 0.1) is 0 Å². The Morgan fingerprint density at radius 1 is 1.05 bits per heavy atom. The van der Waals surface area contributed by atoms with Gasteiger partial charge in [-0.25, -0.2) is 4.79 Å². The highest BCUT2D eigenvalue weighted by atomic mass is 16.6. The van der Waals surface area contributed by atoms with Crippen LogP contribution in [-0.2, 0) is 19.1 Å². The number of likely N-dealkylation sites (N-methyl/N-ethyl adjacent to an activating group) is 1. The summed E-state index contributed by atoms with van der Waals surface area (Å²) in [6.07, 6.45) is 12.5. The molecule has 2 bridgehead atoms. The number of carbonyl (C=O) groups is 4. The average Bonchev–Trinajstić information content (AvgIpc) is 2.92. The highest BCUT2D eigenvalue weighted by molar-refractivity contribution is 6.37. The van der Waals surface area contributed by atoms with Crippen LogP contribution in [0.4, 0.5) is 4.79 Å². The van der Waals surface area contributed by atoms with Crippen molar-refractivity contribution >= 4 is 29.1 Å². The van der Waals surface area contributed by atoms with Gasteiger partial charge in [0.05, 0.1) is 11.3 Å². The molecule has 2 N–H and O–H groups in total. The third-order valence-electron chi connectivity index (χ3n) is 7.17. The largest absolute Gasteiger partial charge is 0.442 e. The summed E-state index contributed by atoms with van der Waals surface area (Å²) in [5.41, 5.74) is 8.17. The first-order valence-electron chi connectivity index (χ1n) is 13.3. The van der Waals surface area contributed by atoms with Crippen molar-refractivity contribution in [2.24, 2.45) is 5.73 Å². The Labute approximate surface area is 230 Å². The van der Waals surface area contributed by atoms with Gasteiger partial charge in [0.1, 0.15) is 11.8 Å². The van der Waals surface area contributed by atoms with Crippen molar-refractivity contribution in [1.82, 2.24) is 9.88 Å². The predicted molar refractivity (Wildman–Crippen MR) is 150 cm³/mol. The lowest BCUT2D eigenvalue weighted by Gasteiger charge is -2.27. The number of fused-ring (bicyclic) bond motifs is 2. The molecule has 2 aliphatic rings. The molecular weight excluding hydrogens is 494 g/mol. The molecule has 39 heavy (non-hydrogen) atoms. The number of carbonyl (C=O) groups excluding carboxylic acids is 4. The van der Waals surface area contributed by atoms with E-state index in [9.17, 15) is 19.2 Å². The van der Waals surface area contributed by atoms with E-state index in [4.69, 9.17) is 10.5 Å². The number of allylic oxidation sites excluding steroid dienone is 6. The SMILES string of the molecule is CC1=C\CC(OC(N)=O)/C=C/CCCCCCC2=CC(=O)C(c3ccccn3)=C(C2=O)N(C)C(=O)\C(C)=C\1C. The first-order valence-corrected chi connectivity index (χ1v) is 13.3. The number of rotatable bonds is 2. The van der Waals surface area contributed by atoms with Crippen molar-refractivity contribution in [2.45, 2.75) is 71.8 Å². The predicted octanol–water partition coefficient (Wildman–Crippen LogP) is 5.38. The number of ketones is 2. The number of nitrogens with two attached hydrogens (primary N) is 1. The Kier molecular flexibility index (Phi) is 10.3. The van der Waals surface area contributed by atoms with Gasteiger partial charge < -0.3 is 15.4 Å². The number of aromatic nitrogens is 1. The molecule has 8 heteroatoms. The summed E-state index contributed by atoms with van der Waals surface area (Å²) in [4.78, 5) is 57.7. The maximum absolute atomic E-state index is 13.7. The Balaban J connectivity index is 2.07. The quantitative estimate of drug-likeness (QED) is 0.404. The van der Waals surface area contributed by atoms with Crippen molar-refractivity contribution in [3.05, 3.63) is 82.4 Å². The summed E-state index contributed by atoms with van der Waals surface area (Å²) in [7, 11) is 1.52. The topological polar surface area (TPSA) is 120 Å². The van der Waals surface area contributed by atoms with E-state index in [1.165, 1.54) is 18.0 Å². The van der Waals surface area contributed by atoms with Crippen LogP contribution in [0.2, 0.25) is 0 Å². The minimum atomic E-state index is -0.842. The molecule has 0 spiro atoms. The van der Waals surface area contributed by atoms with Crippen LogP contribution in [0.3, 0.4) is 0 Å². The molecule has 1 aliphatic heterocycles. The van der Waals surface area contributed by atoms with E-state index in [2.05, 4.69) is 4.98 Å². The van der Waals surface area contributed by atoms with Gasteiger partial charge in [0.15, 0.2) is 5.78 Å². The number of pyridine rings is 1. The van der Waals surface area contributed by atoms with Crippen molar-refractivity contribution in [1.29, 1.82) is 0 Å². The number of amides is 2. The number of Topliss-reactive ketones (excluding diaryl/α,β-unsaturated/α-hetero) is 1. The monoisotopic (exact) mass is 531 g/mol. The van der Waals surface area contributed by atoms with Crippen LogP contribution in [0.15, 0.2) is 76.7 Å². The first kappa shape index (κ1) is 29.5. The van der Waals surface area contributed by atoms with Crippen LogP contribution in [0.1, 0.15) is 71.4 Å². The van der Waals surface area contributed by atoms with Gasteiger partial charge in [0.25, 0.3) is 5.91 Å². The molecule has 0 aromatic carbocycles. The molecule has 2 heterocycles. The van der Waals surface area contributed by atoms with Crippen molar-refractivity contribution in [3.8, 4) is 0 Å². The molecule has 3 rings (SSSR count). The standard InChI is InChI=1S/C31H37N3O5/c1-20-16-17-24(39-31(32)38)14-10-8-6-5-7-9-13-23-19-26(35)27(25-15-11-12-18-33-25)28(29(23)36)34(4)30(37)22(3)21(20)2/h10-12,14-16,18-19,24H,5-9,13,17H2,1-4H3,(H2,32,38)/b14-10+,20-16+,22-21+. The lowest BCUT2D eigenvalue weighted by molar-refractivity contribution is -0.127. The maximum atomic E-state index is 13.7. The molecule has 0 fully saturated rings. The van der Waals surface area contributed by atoms with Crippen LogP contribution >= 0.6 is 0 Å². The van der Waals surface area contributed by atoms with E-state index in [1.54, 1.807) is 31.3 Å². The molecule has 0 saturated heterocycles. The molecular formula is C31H37N3O5. The second-order valence-electron chi connectivity index (χ2n) is 9.89.